The van der Waals surface area contributed by atoms with Gasteiger partial charge in [-0.2, -0.15) is 4.31 Å². The smallest absolute Gasteiger partial charge is 0.243 e. The zero-order chi connectivity index (χ0) is 19.3. The standard InChI is InChI=1S/C20H30N2O3S2/c1-26-18-8-10-19(11-9-18)27(24,25)22-14-12-16(13-15-22)20(23)21-17-6-4-2-3-5-7-17/h8-11,16-17H,2-7,12-15H2,1H3,(H,21,23). The quantitative estimate of drug-likeness (QED) is 0.594. The molecule has 1 saturated carbocycles. The fraction of sp³-hybridized carbons (Fsp3) is 0.650. The summed E-state index contributed by atoms with van der Waals surface area (Å²) >= 11 is 1.59. The van der Waals surface area contributed by atoms with Gasteiger partial charge in [-0.3, -0.25) is 4.79 Å². The van der Waals surface area contributed by atoms with E-state index in [1.54, 1.807) is 23.9 Å². The Bertz CT molecular complexity index is 718. The number of sulfonamides is 1. The molecule has 150 valence electrons. The fourth-order valence-corrected chi connectivity index (χ4v) is 5.88. The van der Waals surface area contributed by atoms with Crippen molar-refractivity contribution in [1.82, 2.24) is 9.62 Å². The maximum Gasteiger partial charge on any atom is 0.243 e. The van der Waals surface area contributed by atoms with Crippen LogP contribution in [-0.2, 0) is 14.8 Å². The van der Waals surface area contributed by atoms with Crippen LogP contribution in [0.5, 0.6) is 0 Å². The van der Waals surface area contributed by atoms with Crippen molar-refractivity contribution >= 4 is 27.7 Å². The summed E-state index contributed by atoms with van der Waals surface area (Å²) in [6, 6.07) is 7.32. The molecule has 7 heteroatoms. The third-order valence-corrected chi connectivity index (χ3v) is 8.38. The summed E-state index contributed by atoms with van der Waals surface area (Å²) in [7, 11) is -3.48. The summed E-state index contributed by atoms with van der Waals surface area (Å²) in [5.74, 6) is 0.0434. The number of carbonyl (C=O) groups excluding carboxylic acids is 1. The maximum atomic E-state index is 12.8. The van der Waals surface area contributed by atoms with Crippen molar-refractivity contribution in [3.8, 4) is 0 Å². The van der Waals surface area contributed by atoms with Crippen LogP contribution in [0.25, 0.3) is 0 Å². The van der Waals surface area contributed by atoms with Crippen LogP contribution < -0.4 is 5.32 Å². The number of piperidine rings is 1. The van der Waals surface area contributed by atoms with Crippen molar-refractivity contribution in [3.63, 3.8) is 0 Å². The molecule has 1 aromatic carbocycles. The molecule has 1 heterocycles. The van der Waals surface area contributed by atoms with Crippen molar-refractivity contribution in [3.05, 3.63) is 24.3 Å². The Morgan fingerprint density at radius 3 is 2.15 bits per heavy atom. The highest BCUT2D eigenvalue weighted by molar-refractivity contribution is 7.98. The number of hydrogen-bond donors (Lipinski definition) is 1. The van der Waals surface area contributed by atoms with E-state index >= 15 is 0 Å². The second-order valence-corrected chi connectivity index (χ2v) is 10.4. The molecule has 0 aromatic heterocycles. The van der Waals surface area contributed by atoms with Gasteiger partial charge in [-0.05, 0) is 56.2 Å². The Morgan fingerprint density at radius 2 is 1.59 bits per heavy atom. The molecule has 1 aliphatic heterocycles. The van der Waals surface area contributed by atoms with Gasteiger partial charge in [0.2, 0.25) is 15.9 Å². The molecule has 0 atom stereocenters. The summed E-state index contributed by atoms with van der Waals surface area (Å²) in [6.07, 6.45) is 10.2. The molecule has 27 heavy (non-hydrogen) atoms. The highest BCUT2D eigenvalue weighted by Gasteiger charge is 2.32. The molecule has 5 nitrogen and oxygen atoms in total. The Morgan fingerprint density at radius 1 is 1.00 bits per heavy atom. The molecular formula is C20H30N2O3S2. The molecule has 2 fully saturated rings. The zero-order valence-corrected chi connectivity index (χ0v) is 17.7. The summed E-state index contributed by atoms with van der Waals surface area (Å²) in [4.78, 5) is 14.0. The minimum atomic E-state index is -3.48. The molecule has 0 radical (unpaired) electrons. The third-order valence-electron chi connectivity index (χ3n) is 5.72. The van der Waals surface area contributed by atoms with Crippen LogP contribution in [0.15, 0.2) is 34.1 Å². The maximum absolute atomic E-state index is 12.8. The van der Waals surface area contributed by atoms with E-state index in [9.17, 15) is 13.2 Å². The first-order chi connectivity index (χ1) is 13.0. The number of amides is 1. The number of rotatable bonds is 5. The summed E-state index contributed by atoms with van der Waals surface area (Å²) in [5.41, 5.74) is 0. The average Bonchev–Trinajstić information content (AvgIpc) is 2.96. The van der Waals surface area contributed by atoms with Crippen molar-refractivity contribution in [2.24, 2.45) is 5.92 Å². The van der Waals surface area contributed by atoms with Gasteiger partial charge >= 0.3 is 0 Å². The Kier molecular flexibility index (Phi) is 7.22. The summed E-state index contributed by atoms with van der Waals surface area (Å²) in [6.45, 7) is 0.824. The van der Waals surface area contributed by atoms with Gasteiger partial charge in [0.15, 0.2) is 0 Å². The van der Waals surface area contributed by atoms with E-state index < -0.39 is 10.0 Å². The van der Waals surface area contributed by atoms with Crippen molar-refractivity contribution in [1.29, 1.82) is 0 Å². The van der Waals surface area contributed by atoms with E-state index in [1.807, 2.05) is 18.4 Å². The third kappa shape index (κ3) is 5.27. The van der Waals surface area contributed by atoms with Crippen LogP contribution in [0.2, 0.25) is 0 Å². The molecule has 0 bridgehead atoms. The molecule has 1 N–H and O–H groups in total. The second kappa shape index (κ2) is 9.43. The number of thioether (sulfide) groups is 1. The fourth-order valence-electron chi connectivity index (χ4n) is 4.00. The lowest BCUT2D eigenvalue weighted by Gasteiger charge is -2.31. The van der Waals surface area contributed by atoms with Gasteiger partial charge < -0.3 is 5.32 Å². The highest BCUT2D eigenvalue weighted by Crippen LogP contribution is 2.26. The second-order valence-electron chi connectivity index (χ2n) is 7.55. The van der Waals surface area contributed by atoms with Crippen LogP contribution in [0, 0.1) is 5.92 Å². The molecule has 2 aliphatic rings. The van der Waals surface area contributed by atoms with Crippen LogP contribution in [-0.4, -0.2) is 44.0 Å². The predicted octanol–water partition coefficient (Wildman–Crippen LogP) is 3.65. The average molecular weight is 411 g/mol. The van der Waals surface area contributed by atoms with Gasteiger partial charge in [-0.25, -0.2) is 8.42 Å². The molecule has 1 aliphatic carbocycles. The minimum absolute atomic E-state index is 0.0708. The number of hydrogen-bond acceptors (Lipinski definition) is 4. The van der Waals surface area contributed by atoms with Crippen molar-refractivity contribution < 1.29 is 13.2 Å². The monoisotopic (exact) mass is 410 g/mol. The topological polar surface area (TPSA) is 66.5 Å². The zero-order valence-electron chi connectivity index (χ0n) is 16.0. The Balaban J connectivity index is 1.54. The van der Waals surface area contributed by atoms with Gasteiger partial charge in [0.25, 0.3) is 0 Å². The predicted molar refractivity (Wildman–Crippen MR) is 109 cm³/mol. The first-order valence-electron chi connectivity index (χ1n) is 9.95. The lowest BCUT2D eigenvalue weighted by molar-refractivity contribution is -0.126. The number of nitrogens with zero attached hydrogens (tertiary/aromatic N) is 1. The first-order valence-corrected chi connectivity index (χ1v) is 12.6. The van der Waals surface area contributed by atoms with E-state index in [1.165, 1.54) is 30.0 Å². The Hall–Kier alpha value is -1.05. The molecule has 0 unspecified atom stereocenters. The highest BCUT2D eigenvalue weighted by atomic mass is 32.2. The van der Waals surface area contributed by atoms with E-state index in [-0.39, 0.29) is 11.8 Å². The van der Waals surface area contributed by atoms with Crippen molar-refractivity contribution in [2.75, 3.05) is 19.3 Å². The van der Waals surface area contributed by atoms with Crippen molar-refractivity contribution in [2.45, 2.75) is 67.2 Å². The summed E-state index contributed by atoms with van der Waals surface area (Å²) < 4.78 is 27.2. The molecule has 1 saturated heterocycles. The van der Waals surface area contributed by atoms with Gasteiger partial charge in [0.1, 0.15) is 0 Å². The van der Waals surface area contributed by atoms with Gasteiger partial charge in [0.05, 0.1) is 4.90 Å². The molecular weight excluding hydrogens is 380 g/mol. The Labute approximate surface area is 167 Å². The van der Waals surface area contributed by atoms with Crippen LogP contribution in [0.1, 0.15) is 51.4 Å². The number of carbonyl (C=O) groups is 1. The number of nitrogens with one attached hydrogen (secondary N) is 1. The molecule has 3 rings (SSSR count). The molecule has 0 spiro atoms. The number of benzene rings is 1. The van der Waals surface area contributed by atoms with Gasteiger partial charge in [0, 0.05) is 29.9 Å². The van der Waals surface area contributed by atoms with Crippen LogP contribution >= 0.6 is 11.8 Å². The SMILES string of the molecule is CSc1ccc(S(=O)(=O)N2CCC(C(=O)NC3CCCCCC3)CC2)cc1. The van der Waals surface area contributed by atoms with E-state index in [0.717, 1.165) is 17.7 Å². The van der Waals surface area contributed by atoms with Crippen LogP contribution in [0.3, 0.4) is 0 Å². The van der Waals surface area contributed by atoms with Gasteiger partial charge in [-0.1, -0.05) is 25.7 Å². The van der Waals surface area contributed by atoms with E-state index in [0.29, 0.717) is 36.9 Å². The van der Waals surface area contributed by atoms with E-state index in [4.69, 9.17) is 0 Å². The summed E-state index contributed by atoms with van der Waals surface area (Å²) in [5, 5.41) is 3.22. The largest absolute Gasteiger partial charge is 0.353 e. The molecule has 1 amide bonds. The molecule has 1 aromatic rings. The lowest BCUT2D eigenvalue weighted by atomic mass is 9.96. The normalized spacial score (nSPS) is 20.9. The van der Waals surface area contributed by atoms with Crippen LogP contribution in [0.4, 0.5) is 0 Å². The lowest BCUT2D eigenvalue weighted by Crippen LogP contribution is -2.45. The van der Waals surface area contributed by atoms with E-state index in [2.05, 4.69) is 5.32 Å². The minimum Gasteiger partial charge on any atom is -0.353 e. The first kappa shape index (κ1) is 20.7. The van der Waals surface area contributed by atoms with Gasteiger partial charge in [-0.15, -0.1) is 11.8 Å².